The van der Waals surface area contributed by atoms with Crippen molar-refractivity contribution < 1.29 is 31.9 Å². The Morgan fingerprint density at radius 2 is 2.07 bits per heavy atom. The number of halogens is 3. The normalized spacial score (nSPS) is 12.5. The average Bonchev–Trinajstić information content (AvgIpc) is 3.06. The van der Waals surface area contributed by atoms with Gasteiger partial charge in [-0.3, -0.25) is 9.59 Å². The molecular formula is C16H16F3N3O4S. The molecule has 0 spiro atoms. The highest BCUT2D eigenvalue weighted by molar-refractivity contribution is 8.00. The number of nitrogens with zero attached hydrogens (tertiary/aromatic N) is 2. The van der Waals surface area contributed by atoms with E-state index in [2.05, 4.69) is 15.5 Å². The number of carbonyl (C=O) groups excluding carboxylic acids is 2. The fraction of sp³-hybridized carbons (Fsp3) is 0.375. The molecule has 27 heavy (non-hydrogen) atoms. The minimum atomic E-state index is -4.54. The van der Waals surface area contributed by atoms with E-state index in [1.165, 1.54) is 6.07 Å². The second-order valence-corrected chi connectivity index (χ2v) is 6.53. The second-order valence-electron chi connectivity index (χ2n) is 5.24. The van der Waals surface area contributed by atoms with Gasteiger partial charge < -0.3 is 14.5 Å². The van der Waals surface area contributed by atoms with E-state index in [1.54, 1.807) is 13.8 Å². The Kier molecular flexibility index (Phi) is 6.83. The molecule has 1 heterocycles. The third kappa shape index (κ3) is 5.98. The van der Waals surface area contributed by atoms with Gasteiger partial charge in [0.2, 0.25) is 5.89 Å². The minimum Gasteiger partial charge on any atom is -0.465 e. The van der Waals surface area contributed by atoms with Gasteiger partial charge >= 0.3 is 12.1 Å². The molecule has 1 aromatic heterocycles. The summed E-state index contributed by atoms with van der Waals surface area (Å²) in [6.07, 6.45) is -4.54. The zero-order valence-corrected chi connectivity index (χ0v) is 15.2. The maximum atomic E-state index is 12.7. The Hall–Kier alpha value is -2.56. The van der Waals surface area contributed by atoms with Crippen molar-refractivity contribution in [3.05, 3.63) is 41.3 Å². The van der Waals surface area contributed by atoms with Crippen molar-refractivity contribution in [1.29, 1.82) is 0 Å². The summed E-state index contributed by atoms with van der Waals surface area (Å²) in [4.78, 5) is 23.6. The van der Waals surface area contributed by atoms with Crippen molar-refractivity contribution >= 4 is 23.6 Å². The summed E-state index contributed by atoms with van der Waals surface area (Å²) >= 11 is 0.995. The fourth-order valence-electron chi connectivity index (χ4n) is 1.91. The lowest BCUT2D eigenvalue weighted by Crippen LogP contribution is -2.23. The number of amides is 1. The van der Waals surface area contributed by atoms with Crippen LogP contribution in [0.25, 0.3) is 0 Å². The minimum absolute atomic E-state index is 0.0499. The van der Waals surface area contributed by atoms with Gasteiger partial charge in [0.1, 0.15) is 5.25 Å². The van der Waals surface area contributed by atoms with Crippen LogP contribution in [-0.2, 0) is 22.3 Å². The van der Waals surface area contributed by atoms with Gasteiger partial charge in [-0.25, -0.2) is 0 Å². The first-order valence-corrected chi connectivity index (χ1v) is 8.69. The van der Waals surface area contributed by atoms with E-state index in [-0.39, 0.29) is 29.8 Å². The van der Waals surface area contributed by atoms with E-state index >= 15 is 0 Å². The largest absolute Gasteiger partial charge is 0.465 e. The molecule has 0 aliphatic rings. The third-order valence-electron chi connectivity index (χ3n) is 3.20. The van der Waals surface area contributed by atoms with Crippen LogP contribution < -0.4 is 5.32 Å². The van der Waals surface area contributed by atoms with Crippen molar-refractivity contribution in [2.24, 2.45) is 0 Å². The molecule has 7 nitrogen and oxygen atoms in total. The quantitative estimate of drug-likeness (QED) is 0.561. The number of hydrogen-bond acceptors (Lipinski definition) is 7. The van der Waals surface area contributed by atoms with Crippen molar-refractivity contribution in [2.45, 2.75) is 37.0 Å². The van der Waals surface area contributed by atoms with Gasteiger partial charge in [0.15, 0.2) is 0 Å². The van der Waals surface area contributed by atoms with E-state index in [0.717, 1.165) is 30.0 Å². The first-order valence-electron chi connectivity index (χ1n) is 7.81. The number of esters is 1. The Morgan fingerprint density at radius 1 is 1.33 bits per heavy atom. The summed E-state index contributed by atoms with van der Waals surface area (Å²) in [7, 11) is 0. The Bertz CT molecular complexity index is 810. The molecule has 0 unspecified atom stereocenters. The first-order chi connectivity index (χ1) is 12.7. The van der Waals surface area contributed by atoms with E-state index in [0.29, 0.717) is 0 Å². The van der Waals surface area contributed by atoms with Crippen LogP contribution in [0.15, 0.2) is 33.9 Å². The topological polar surface area (TPSA) is 94.3 Å². The Balaban J connectivity index is 1.93. The van der Waals surface area contributed by atoms with Gasteiger partial charge in [-0.05, 0) is 32.0 Å². The van der Waals surface area contributed by atoms with Crippen molar-refractivity contribution in [1.82, 2.24) is 15.5 Å². The molecule has 0 radical (unpaired) electrons. The first kappa shape index (κ1) is 20.7. The molecule has 2 rings (SSSR count). The molecule has 1 atom stereocenters. The number of thioether (sulfide) groups is 1. The van der Waals surface area contributed by atoms with E-state index in [9.17, 15) is 22.8 Å². The summed E-state index contributed by atoms with van der Waals surface area (Å²) < 4.78 is 48.2. The molecule has 1 N–H and O–H groups in total. The lowest BCUT2D eigenvalue weighted by atomic mass is 10.1. The third-order valence-corrected chi connectivity index (χ3v) is 4.11. The predicted octanol–water partition coefficient (Wildman–Crippen LogP) is 3.06. The van der Waals surface area contributed by atoms with Gasteiger partial charge in [0.05, 0.1) is 18.7 Å². The number of rotatable bonds is 7. The van der Waals surface area contributed by atoms with Gasteiger partial charge in [0.25, 0.3) is 11.1 Å². The standard InChI is InChI=1S/C16H16F3N3O4S/c1-3-25-14(24)9(2)27-15-22-21-12(26-15)8-20-13(23)10-5-4-6-11(7-10)16(17,18)19/h4-7,9H,3,8H2,1-2H3,(H,20,23)/t9-/m0/s1. The molecule has 11 heteroatoms. The molecule has 0 bridgehead atoms. The molecule has 0 fully saturated rings. The molecule has 0 saturated carbocycles. The monoisotopic (exact) mass is 403 g/mol. The molecule has 1 amide bonds. The smallest absolute Gasteiger partial charge is 0.416 e. The van der Waals surface area contributed by atoms with E-state index < -0.39 is 28.9 Å². The average molecular weight is 403 g/mol. The molecular weight excluding hydrogens is 387 g/mol. The maximum absolute atomic E-state index is 12.7. The van der Waals surface area contributed by atoms with Crippen LogP contribution in [0.3, 0.4) is 0 Å². The lowest BCUT2D eigenvalue weighted by Gasteiger charge is -2.08. The SMILES string of the molecule is CCOC(=O)[C@H](C)Sc1nnc(CNC(=O)c2cccc(C(F)(F)F)c2)o1. The zero-order valence-electron chi connectivity index (χ0n) is 14.4. The summed E-state index contributed by atoms with van der Waals surface area (Å²) in [6, 6.07) is 4.05. The highest BCUT2D eigenvalue weighted by atomic mass is 32.2. The van der Waals surface area contributed by atoms with E-state index in [4.69, 9.17) is 9.15 Å². The van der Waals surface area contributed by atoms with Gasteiger partial charge in [-0.15, -0.1) is 10.2 Å². The molecule has 1 aromatic carbocycles. The molecule has 0 saturated heterocycles. The van der Waals surface area contributed by atoms with Gasteiger partial charge in [0, 0.05) is 5.56 Å². The highest BCUT2D eigenvalue weighted by Crippen LogP contribution is 2.29. The predicted molar refractivity (Wildman–Crippen MR) is 88.9 cm³/mol. The maximum Gasteiger partial charge on any atom is 0.416 e. The van der Waals surface area contributed by atoms with Crippen LogP contribution in [-0.4, -0.2) is 33.9 Å². The summed E-state index contributed by atoms with van der Waals surface area (Å²) in [6.45, 7) is 3.38. The molecule has 0 aliphatic heterocycles. The summed E-state index contributed by atoms with van der Waals surface area (Å²) in [5, 5.41) is 9.40. The van der Waals surface area contributed by atoms with Crippen LogP contribution in [0.4, 0.5) is 13.2 Å². The molecule has 146 valence electrons. The van der Waals surface area contributed by atoms with Gasteiger partial charge in [-0.1, -0.05) is 17.8 Å². The number of carbonyl (C=O) groups is 2. The number of aromatic nitrogens is 2. The summed E-state index contributed by atoms with van der Waals surface area (Å²) in [5.41, 5.74) is -1.06. The number of ether oxygens (including phenoxy) is 1. The van der Waals surface area contributed by atoms with Crippen LogP contribution in [0.1, 0.15) is 35.7 Å². The highest BCUT2D eigenvalue weighted by Gasteiger charge is 2.30. The van der Waals surface area contributed by atoms with Crippen LogP contribution in [0.5, 0.6) is 0 Å². The summed E-state index contributed by atoms with van der Waals surface area (Å²) in [5.74, 6) is -1.10. The van der Waals surface area contributed by atoms with Crippen LogP contribution >= 0.6 is 11.8 Å². The van der Waals surface area contributed by atoms with Crippen molar-refractivity contribution in [3.8, 4) is 0 Å². The van der Waals surface area contributed by atoms with Crippen LogP contribution in [0, 0.1) is 0 Å². The fourth-order valence-corrected chi connectivity index (χ4v) is 2.61. The number of nitrogens with one attached hydrogen (secondary N) is 1. The Morgan fingerprint density at radius 3 is 2.74 bits per heavy atom. The van der Waals surface area contributed by atoms with Gasteiger partial charge in [-0.2, -0.15) is 13.2 Å². The lowest BCUT2D eigenvalue weighted by molar-refractivity contribution is -0.142. The number of hydrogen-bond donors (Lipinski definition) is 1. The van der Waals surface area contributed by atoms with Crippen molar-refractivity contribution in [3.63, 3.8) is 0 Å². The Labute approximate surface area is 156 Å². The number of benzene rings is 1. The second kappa shape index (κ2) is 8.89. The zero-order chi connectivity index (χ0) is 20.0. The van der Waals surface area contributed by atoms with E-state index in [1.807, 2.05) is 0 Å². The van der Waals surface area contributed by atoms with Crippen molar-refractivity contribution in [2.75, 3.05) is 6.61 Å². The number of alkyl halides is 3. The molecule has 2 aromatic rings. The van der Waals surface area contributed by atoms with Crippen LogP contribution in [0.2, 0.25) is 0 Å². The molecule has 0 aliphatic carbocycles.